The average Bonchev–Trinajstić information content (AvgIpc) is 1.87. The molecule has 0 aromatic rings. The number of carbonyl (C=O) groups is 1. The molecule has 0 aromatic heterocycles. The van der Waals surface area contributed by atoms with E-state index in [0.29, 0.717) is 0 Å². The predicted molar refractivity (Wildman–Crippen MR) is 37.0 cm³/mol. The van der Waals surface area contributed by atoms with Crippen LogP contribution in [0.25, 0.3) is 0 Å². The number of halogens is 2. The molecule has 66 valence electrons. The van der Waals surface area contributed by atoms with Crippen molar-refractivity contribution >= 4 is 5.91 Å². The molecule has 1 amide bonds. The molecule has 0 saturated carbocycles. The van der Waals surface area contributed by atoms with Gasteiger partial charge in [-0.15, -0.1) is 0 Å². The molecular formula is C6H12F2N2O. The third-order valence-electron chi connectivity index (χ3n) is 1.40. The molecule has 0 aliphatic heterocycles. The smallest absolute Gasteiger partial charge is 0.249 e. The number of alkyl halides is 2. The summed E-state index contributed by atoms with van der Waals surface area (Å²) in [6, 6.07) is -1.25. The van der Waals surface area contributed by atoms with E-state index in [1.807, 2.05) is 0 Å². The molecule has 0 spiro atoms. The van der Waals surface area contributed by atoms with Gasteiger partial charge in [-0.2, -0.15) is 0 Å². The maximum Gasteiger partial charge on any atom is 0.249 e. The van der Waals surface area contributed by atoms with Crippen molar-refractivity contribution in [3.8, 4) is 0 Å². The van der Waals surface area contributed by atoms with Gasteiger partial charge in [0.15, 0.2) is 0 Å². The van der Waals surface area contributed by atoms with Gasteiger partial charge in [0.2, 0.25) is 11.8 Å². The number of amides is 1. The summed E-state index contributed by atoms with van der Waals surface area (Å²) in [6.45, 7) is 1.33. The summed E-state index contributed by atoms with van der Waals surface area (Å²) in [5, 5.41) is 0. The maximum absolute atomic E-state index is 12.5. The molecule has 0 aliphatic rings. The highest BCUT2D eigenvalue weighted by molar-refractivity contribution is 5.79. The van der Waals surface area contributed by atoms with Gasteiger partial charge in [0.05, 0.1) is 6.04 Å². The van der Waals surface area contributed by atoms with Gasteiger partial charge in [0.1, 0.15) is 0 Å². The van der Waals surface area contributed by atoms with Crippen LogP contribution in [0.3, 0.4) is 0 Å². The van der Waals surface area contributed by atoms with Gasteiger partial charge in [0, 0.05) is 12.8 Å². The van der Waals surface area contributed by atoms with Crippen molar-refractivity contribution in [2.24, 2.45) is 11.5 Å². The molecule has 0 saturated heterocycles. The molecule has 0 rings (SSSR count). The van der Waals surface area contributed by atoms with Crippen LogP contribution in [-0.4, -0.2) is 17.9 Å². The Balaban J connectivity index is 3.93. The number of nitrogens with two attached hydrogens (primary N) is 2. The van der Waals surface area contributed by atoms with Crippen LogP contribution >= 0.6 is 0 Å². The van der Waals surface area contributed by atoms with Gasteiger partial charge in [-0.05, 0) is 0 Å². The van der Waals surface area contributed by atoms with Gasteiger partial charge >= 0.3 is 0 Å². The van der Waals surface area contributed by atoms with E-state index in [-0.39, 0.29) is 6.42 Å². The Hall–Kier alpha value is -0.710. The molecule has 4 N–H and O–H groups in total. The minimum atomic E-state index is -2.88. The Morgan fingerprint density at radius 3 is 2.36 bits per heavy atom. The second-order valence-corrected chi connectivity index (χ2v) is 2.42. The zero-order valence-electron chi connectivity index (χ0n) is 6.31. The Labute approximate surface area is 63.7 Å². The zero-order valence-corrected chi connectivity index (χ0v) is 6.31. The van der Waals surface area contributed by atoms with E-state index in [4.69, 9.17) is 11.5 Å². The highest BCUT2D eigenvalue weighted by Crippen LogP contribution is 2.22. The second kappa shape index (κ2) is 3.61. The number of carbonyl (C=O) groups excluding carboxylic acids is 1. The first-order valence-electron chi connectivity index (χ1n) is 3.32. The van der Waals surface area contributed by atoms with Gasteiger partial charge in [-0.25, -0.2) is 8.78 Å². The third-order valence-corrected chi connectivity index (χ3v) is 1.40. The van der Waals surface area contributed by atoms with Crippen LogP contribution < -0.4 is 11.5 Å². The lowest BCUT2D eigenvalue weighted by molar-refractivity contribution is -0.121. The third kappa shape index (κ3) is 3.87. The monoisotopic (exact) mass is 166 g/mol. The summed E-state index contributed by atoms with van der Waals surface area (Å²) in [4.78, 5) is 10.3. The van der Waals surface area contributed by atoms with Crippen molar-refractivity contribution in [2.75, 3.05) is 0 Å². The topological polar surface area (TPSA) is 69.1 Å². The van der Waals surface area contributed by atoms with Gasteiger partial charge in [-0.1, -0.05) is 6.92 Å². The number of rotatable bonds is 4. The summed E-state index contributed by atoms with van der Waals surface area (Å²) in [7, 11) is 0. The molecule has 5 heteroatoms. The molecule has 0 radical (unpaired) electrons. The lowest BCUT2D eigenvalue weighted by Gasteiger charge is -2.16. The lowest BCUT2D eigenvalue weighted by atomic mass is 10.1. The largest absolute Gasteiger partial charge is 0.368 e. The molecule has 0 bridgehead atoms. The normalized spacial score (nSPS) is 14.5. The number of hydrogen-bond donors (Lipinski definition) is 2. The lowest BCUT2D eigenvalue weighted by Crippen LogP contribution is -2.40. The minimum Gasteiger partial charge on any atom is -0.368 e. The fraction of sp³-hybridized carbons (Fsp3) is 0.833. The Bertz CT molecular complexity index is 150. The quantitative estimate of drug-likeness (QED) is 0.627. The highest BCUT2D eigenvalue weighted by Gasteiger charge is 2.30. The van der Waals surface area contributed by atoms with E-state index < -0.39 is 24.3 Å². The standard InChI is InChI=1S/C6H12F2N2O/c1-2-6(7,8)3-4(9)5(10)11/h4H,2-3,9H2,1H3,(H2,10,11). The molecule has 11 heavy (non-hydrogen) atoms. The van der Waals surface area contributed by atoms with Crippen molar-refractivity contribution in [2.45, 2.75) is 31.7 Å². The summed E-state index contributed by atoms with van der Waals surface area (Å²) >= 11 is 0. The van der Waals surface area contributed by atoms with E-state index >= 15 is 0 Å². The first-order chi connectivity index (χ1) is 4.89. The predicted octanol–water partition coefficient (Wildman–Crippen LogP) is 0.234. The van der Waals surface area contributed by atoms with E-state index in [0.717, 1.165) is 0 Å². The van der Waals surface area contributed by atoms with Crippen molar-refractivity contribution in [3.63, 3.8) is 0 Å². The average molecular weight is 166 g/mol. The molecule has 0 aromatic carbocycles. The Morgan fingerprint density at radius 2 is 2.09 bits per heavy atom. The van der Waals surface area contributed by atoms with Crippen LogP contribution in [0.1, 0.15) is 19.8 Å². The number of primary amides is 1. The van der Waals surface area contributed by atoms with E-state index in [1.54, 1.807) is 0 Å². The summed E-state index contributed by atoms with van der Waals surface area (Å²) in [5.74, 6) is -3.77. The first kappa shape index (κ1) is 10.3. The maximum atomic E-state index is 12.5. The van der Waals surface area contributed by atoms with E-state index in [9.17, 15) is 13.6 Å². The summed E-state index contributed by atoms with van der Waals surface area (Å²) in [6.07, 6.45) is -0.993. The van der Waals surface area contributed by atoms with Crippen molar-refractivity contribution in [3.05, 3.63) is 0 Å². The molecule has 1 unspecified atom stereocenters. The van der Waals surface area contributed by atoms with Gasteiger partial charge in [0.25, 0.3) is 0 Å². The van der Waals surface area contributed by atoms with Crippen molar-refractivity contribution in [1.82, 2.24) is 0 Å². The van der Waals surface area contributed by atoms with Crippen molar-refractivity contribution < 1.29 is 13.6 Å². The van der Waals surface area contributed by atoms with Crippen LogP contribution in [0.2, 0.25) is 0 Å². The van der Waals surface area contributed by atoms with Crippen LogP contribution in [0.4, 0.5) is 8.78 Å². The second-order valence-electron chi connectivity index (χ2n) is 2.42. The molecule has 1 atom stereocenters. The summed E-state index contributed by atoms with van der Waals surface area (Å²) < 4.78 is 25.0. The van der Waals surface area contributed by atoms with Crippen LogP contribution in [0.5, 0.6) is 0 Å². The van der Waals surface area contributed by atoms with Crippen LogP contribution in [-0.2, 0) is 4.79 Å². The van der Waals surface area contributed by atoms with Gasteiger partial charge < -0.3 is 11.5 Å². The van der Waals surface area contributed by atoms with Crippen LogP contribution in [0, 0.1) is 0 Å². The zero-order chi connectivity index (χ0) is 9.07. The fourth-order valence-corrected chi connectivity index (χ4v) is 0.567. The van der Waals surface area contributed by atoms with E-state index in [1.165, 1.54) is 6.92 Å². The van der Waals surface area contributed by atoms with Gasteiger partial charge in [-0.3, -0.25) is 4.79 Å². The minimum absolute atomic E-state index is 0.325. The Kier molecular flexibility index (Phi) is 3.38. The SMILES string of the molecule is CCC(F)(F)CC(N)C(N)=O. The molecule has 0 aliphatic carbocycles. The Morgan fingerprint density at radius 1 is 1.64 bits per heavy atom. The highest BCUT2D eigenvalue weighted by atomic mass is 19.3. The van der Waals surface area contributed by atoms with Crippen molar-refractivity contribution in [1.29, 1.82) is 0 Å². The first-order valence-corrected chi connectivity index (χ1v) is 3.32. The molecule has 0 heterocycles. The fourth-order valence-electron chi connectivity index (χ4n) is 0.567. The van der Waals surface area contributed by atoms with E-state index in [2.05, 4.69) is 0 Å². The molecule has 3 nitrogen and oxygen atoms in total. The van der Waals surface area contributed by atoms with Crippen LogP contribution in [0.15, 0.2) is 0 Å². The molecular weight excluding hydrogens is 154 g/mol. The summed E-state index contributed by atoms with van der Waals surface area (Å²) in [5.41, 5.74) is 9.72. The number of hydrogen-bond acceptors (Lipinski definition) is 2. The molecule has 0 fully saturated rings.